The van der Waals surface area contributed by atoms with Gasteiger partial charge in [-0.1, -0.05) is 0 Å². The van der Waals surface area contributed by atoms with Crippen molar-refractivity contribution in [3.63, 3.8) is 0 Å². The highest BCUT2D eigenvalue weighted by atomic mass is 32.2. The molecule has 8 heteroatoms. The van der Waals surface area contributed by atoms with E-state index in [1.807, 2.05) is 18.4 Å². The third-order valence-electron chi connectivity index (χ3n) is 3.57. The number of nitrogens with one attached hydrogen (secondary N) is 1. The summed E-state index contributed by atoms with van der Waals surface area (Å²) in [7, 11) is -3.67. The van der Waals surface area contributed by atoms with E-state index >= 15 is 0 Å². The molecule has 2 N–H and O–H groups in total. The van der Waals surface area contributed by atoms with E-state index in [4.69, 9.17) is 0 Å². The molecule has 0 atom stereocenters. The molecule has 1 fully saturated rings. The number of aryl methyl sites for hydroxylation is 2. The largest absolute Gasteiger partial charge is 0.390 e. The molecule has 1 aliphatic carbocycles. The molecule has 6 nitrogen and oxygen atoms in total. The molecular weight excluding hydrogens is 310 g/mol. The Balaban J connectivity index is 1.90. The lowest BCUT2D eigenvalue weighted by atomic mass is 10.4. The molecule has 0 aliphatic heterocycles. The quantitative estimate of drug-likeness (QED) is 0.881. The summed E-state index contributed by atoms with van der Waals surface area (Å²) in [6.45, 7) is 3.58. The van der Waals surface area contributed by atoms with E-state index in [0.717, 1.165) is 23.4 Å². The molecule has 2 aromatic rings. The Morgan fingerprint density at radius 2 is 2.19 bits per heavy atom. The average molecular weight is 327 g/mol. The number of aliphatic hydroxyl groups is 1. The summed E-state index contributed by atoms with van der Waals surface area (Å²) in [5.74, 6) is 0. The fourth-order valence-electron chi connectivity index (χ4n) is 2.15. The summed E-state index contributed by atoms with van der Waals surface area (Å²) in [4.78, 5) is 5.35. The van der Waals surface area contributed by atoms with Gasteiger partial charge in [-0.05, 0) is 32.8 Å². The highest BCUT2D eigenvalue weighted by Gasteiger charge is 2.28. The van der Waals surface area contributed by atoms with Gasteiger partial charge in [0, 0.05) is 22.8 Å². The minimum atomic E-state index is -3.67. The SMILES string of the molecule is Cc1nc(NS(=O)(=O)c2cc(CO)n(C3CC3)c2)sc1C. The second-order valence-electron chi connectivity index (χ2n) is 5.23. The predicted molar refractivity (Wildman–Crippen MR) is 81.0 cm³/mol. The van der Waals surface area contributed by atoms with Crippen LogP contribution in [0.3, 0.4) is 0 Å². The van der Waals surface area contributed by atoms with Crippen molar-refractivity contribution in [1.82, 2.24) is 9.55 Å². The Labute approximate surface area is 127 Å². The monoisotopic (exact) mass is 327 g/mol. The summed E-state index contributed by atoms with van der Waals surface area (Å²) < 4.78 is 29.2. The van der Waals surface area contributed by atoms with Crippen LogP contribution in [0, 0.1) is 13.8 Å². The lowest BCUT2D eigenvalue weighted by molar-refractivity contribution is 0.270. The number of rotatable bonds is 5. The smallest absolute Gasteiger partial charge is 0.265 e. The molecule has 0 bridgehead atoms. The molecule has 0 spiro atoms. The van der Waals surface area contributed by atoms with Crippen molar-refractivity contribution < 1.29 is 13.5 Å². The first kappa shape index (κ1) is 14.6. The fourth-order valence-corrected chi connectivity index (χ4v) is 4.25. The number of nitrogens with zero attached hydrogens (tertiary/aromatic N) is 2. The lowest BCUT2D eigenvalue weighted by Crippen LogP contribution is -2.12. The molecule has 0 radical (unpaired) electrons. The van der Waals surface area contributed by atoms with Gasteiger partial charge in [0.25, 0.3) is 10.0 Å². The highest BCUT2D eigenvalue weighted by molar-refractivity contribution is 7.93. The van der Waals surface area contributed by atoms with Crippen LogP contribution in [-0.4, -0.2) is 23.1 Å². The molecular formula is C13H17N3O3S2. The van der Waals surface area contributed by atoms with Crippen LogP contribution >= 0.6 is 11.3 Å². The molecule has 0 unspecified atom stereocenters. The van der Waals surface area contributed by atoms with Crippen molar-refractivity contribution in [1.29, 1.82) is 0 Å². The number of hydrogen-bond acceptors (Lipinski definition) is 5. The Morgan fingerprint density at radius 3 is 2.71 bits per heavy atom. The van der Waals surface area contributed by atoms with Crippen molar-refractivity contribution in [2.24, 2.45) is 0 Å². The van der Waals surface area contributed by atoms with Gasteiger partial charge in [0.05, 0.1) is 12.3 Å². The van der Waals surface area contributed by atoms with Gasteiger partial charge >= 0.3 is 0 Å². The van der Waals surface area contributed by atoms with Gasteiger partial charge in [-0.3, -0.25) is 4.72 Å². The zero-order chi connectivity index (χ0) is 15.2. The number of aliphatic hydroxyl groups excluding tert-OH is 1. The molecule has 0 saturated heterocycles. The predicted octanol–water partition coefficient (Wildman–Crippen LogP) is 2.19. The van der Waals surface area contributed by atoms with E-state index in [1.165, 1.54) is 17.4 Å². The maximum atomic E-state index is 12.4. The van der Waals surface area contributed by atoms with Crippen LogP contribution in [0.1, 0.15) is 35.1 Å². The van der Waals surface area contributed by atoms with Crippen LogP contribution in [-0.2, 0) is 16.6 Å². The molecule has 0 aromatic carbocycles. The maximum Gasteiger partial charge on any atom is 0.265 e. The zero-order valence-electron chi connectivity index (χ0n) is 11.8. The zero-order valence-corrected chi connectivity index (χ0v) is 13.5. The van der Waals surface area contributed by atoms with Gasteiger partial charge in [0.15, 0.2) is 5.13 Å². The standard InChI is InChI=1S/C13H17N3O3S2/c1-8-9(2)20-13(14-8)15-21(18,19)12-5-11(7-17)16(6-12)10-3-4-10/h5-6,10,17H,3-4,7H2,1-2H3,(H,14,15). The van der Waals surface area contributed by atoms with E-state index in [2.05, 4.69) is 9.71 Å². The minimum absolute atomic E-state index is 0.165. The number of hydrogen-bond donors (Lipinski definition) is 2. The van der Waals surface area contributed by atoms with Gasteiger partial charge < -0.3 is 9.67 Å². The summed E-state index contributed by atoms with van der Waals surface area (Å²) in [6.07, 6.45) is 3.65. The summed E-state index contributed by atoms with van der Waals surface area (Å²) in [5.41, 5.74) is 1.45. The Hall–Kier alpha value is -1.38. The van der Waals surface area contributed by atoms with Gasteiger partial charge in [0.2, 0.25) is 0 Å². The molecule has 1 aliphatic rings. The van der Waals surface area contributed by atoms with E-state index < -0.39 is 10.0 Å². The van der Waals surface area contributed by atoms with Gasteiger partial charge in [0.1, 0.15) is 4.90 Å². The number of thiazole rings is 1. The number of aromatic nitrogens is 2. The van der Waals surface area contributed by atoms with E-state index in [-0.39, 0.29) is 11.5 Å². The average Bonchev–Trinajstić information content (AvgIpc) is 3.08. The first-order chi connectivity index (χ1) is 9.90. The summed E-state index contributed by atoms with van der Waals surface area (Å²) >= 11 is 1.31. The van der Waals surface area contributed by atoms with E-state index in [0.29, 0.717) is 16.9 Å². The number of sulfonamides is 1. The second-order valence-corrected chi connectivity index (χ2v) is 8.12. The first-order valence-electron chi connectivity index (χ1n) is 6.69. The van der Waals surface area contributed by atoms with Crippen molar-refractivity contribution in [2.75, 3.05) is 4.72 Å². The van der Waals surface area contributed by atoms with E-state index in [9.17, 15) is 13.5 Å². The van der Waals surface area contributed by atoms with Crippen LogP contribution < -0.4 is 4.72 Å². The molecule has 1 saturated carbocycles. The molecule has 3 rings (SSSR count). The normalized spacial score (nSPS) is 15.4. The van der Waals surface area contributed by atoms with Crippen molar-refractivity contribution in [3.05, 3.63) is 28.5 Å². The van der Waals surface area contributed by atoms with Gasteiger partial charge in [-0.2, -0.15) is 0 Å². The van der Waals surface area contributed by atoms with Crippen LogP contribution in [0.2, 0.25) is 0 Å². The molecule has 0 amide bonds. The topological polar surface area (TPSA) is 84.2 Å². The molecule has 21 heavy (non-hydrogen) atoms. The fraction of sp³-hybridized carbons (Fsp3) is 0.462. The van der Waals surface area contributed by atoms with Crippen molar-refractivity contribution in [2.45, 2.75) is 44.2 Å². The second kappa shape index (κ2) is 5.11. The van der Waals surface area contributed by atoms with Gasteiger partial charge in [-0.25, -0.2) is 13.4 Å². The minimum Gasteiger partial charge on any atom is -0.390 e. The Bertz CT molecular complexity index is 753. The summed E-state index contributed by atoms with van der Waals surface area (Å²) in [5, 5.41) is 9.73. The van der Waals surface area contributed by atoms with Crippen LogP contribution in [0.5, 0.6) is 0 Å². The summed E-state index contributed by atoms with van der Waals surface area (Å²) in [6, 6.07) is 1.84. The van der Waals surface area contributed by atoms with Crippen LogP contribution in [0.25, 0.3) is 0 Å². The van der Waals surface area contributed by atoms with Crippen LogP contribution in [0.4, 0.5) is 5.13 Å². The van der Waals surface area contributed by atoms with Gasteiger partial charge in [-0.15, -0.1) is 11.3 Å². The molecule has 114 valence electrons. The molecule has 2 heterocycles. The molecule has 2 aromatic heterocycles. The van der Waals surface area contributed by atoms with Crippen molar-refractivity contribution in [3.8, 4) is 0 Å². The first-order valence-corrected chi connectivity index (χ1v) is 8.99. The lowest BCUT2D eigenvalue weighted by Gasteiger charge is -2.03. The Kier molecular flexibility index (Phi) is 3.54. The third-order valence-corrected chi connectivity index (χ3v) is 5.99. The van der Waals surface area contributed by atoms with E-state index in [1.54, 1.807) is 6.20 Å². The number of anilines is 1. The Morgan fingerprint density at radius 1 is 1.48 bits per heavy atom. The van der Waals surface area contributed by atoms with Crippen LogP contribution in [0.15, 0.2) is 17.2 Å². The maximum absolute atomic E-state index is 12.4. The third kappa shape index (κ3) is 2.83. The highest BCUT2D eigenvalue weighted by Crippen LogP contribution is 2.37. The van der Waals surface area contributed by atoms with Crippen molar-refractivity contribution >= 4 is 26.5 Å².